The van der Waals surface area contributed by atoms with Crippen molar-refractivity contribution in [3.63, 3.8) is 0 Å². The van der Waals surface area contributed by atoms with Gasteiger partial charge < -0.3 is 14.9 Å². The first kappa shape index (κ1) is 46.9. The lowest BCUT2D eigenvalue weighted by Crippen LogP contribution is -2.45. The van der Waals surface area contributed by atoms with Gasteiger partial charge in [0.2, 0.25) is 0 Å². The molecule has 64 heavy (non-hydrogen) atoms. The van der Waals surface area contributed by atoms with Crippen LogP contribution >= 0.6 is 15.9 Å². The van der Waals surface area contributed by atoms with Gasteiger partial charge in [0.15, 0.2) is 4.69 Å². The molecule has 3 aromatic rings. The molecular formula is C53H61BrF6O4. The fraction of sp³-hybridized carbons (Fsp3) is 0.566. The summed E-state index contributed by atoms with van der Waals surface area (Å²) in [6, 6.07) is 21.9. The molecule has 6 aliphatic rings. The highest BCUT2D eigenvalue weighted by atomic mass is 79.9. The van der Waals surface area contributed by atoms with Crippen LogP contribution in [0.3, 0.4) is 0 Å². The van der Waals surface area contributed by atoms with Crippen LogP contribution in [0.25, 0.3) is 0 Å². The summed E-state index contributed by atoms with van der Waals surface area (Å²) < 4.78 is 90.2. The molecule has 10 atom stereocenters. The number of fused-ring (bicyclic) bond motifs is 10. The van der Waals surface area contributed by atoms with E-state index in [0.29, 0.717) is 51.0 Å². The summed E-state index contributed by atoms with van der Waals surface area (Å²) in [5.41, 5.74) is 3.77. The molecule has 0 spiro atoms. The second kappa shape index (κ2) is 18.6. The van der Waals surface area contributed by atoms with Gasteiger partial charge in [0.1, 0.15) is 18.1 Å². The largest absolute Gasteiger partial charge is 0.508 e. The standard InChI is InChI=1S/C30H35F3O2.C23H26BrF3O2/c1-29-15-14-25-24-13-11-23(35-19-20-7-3-2-4-8-20)17-21(24)10-12-26(25)28(29)22(9-5-6-16-34)18-27(29)30(31,32)33;1-22-10-9-17-16-8-6-15(28)11-13(16)5-7-18(17)21(22)14(3-2-4-20(24)29)12-19(22)23(25,26)27/h2-4,7-8,11,13,17-18,22,25-26,28,34H,5-6,9-10,12,14-16,19H2,1H3;6,8,11-12,14,17-18,21,28H,2-5,7,9-10H2,1H3/t22?,25-,26-,28+,29-;14?,17-,18-,21+,22-/m11/s1. The van der Waals surface area contributed by atoms with E-state index in [4.69, 9.17) is 4.74 Å². The number of phenols is 1. The van der Waals surface area contributed by atoms with Crippen molar-refractivity contribution in [2.45, 2.75) is 135 Å². The number of alkyl halides is 6. The molecule has 4 nitrogen and oxygen atoms in total. The maximum Gasteiger partial charge on any atom is 0.412 e. The lowest BCUT2D eigenvalue weighted by molar-refractivity contribution is -0.116. The normalized spacial score (nSPS) is 31.4. The summed E-state index contributed by atoms with van der Waals surface area (Å²) in [5.74, 6) is 1.88. The number of phenolic OH excluding ortho intramolecular Hbond substituents is 1. The number of halogens is 7. The van der Waals surface area contributed by atoms with Crippen molar-refractivity contribution in [2.75, 3.05) is 6.61 Å². The number of hydrogen-bond acceptors (Lipinski definition) is 4. The molecule has 2 N–H and O–H groups in total. The summed E-state index contributed by atoms with van der Waals surface area (Å²) in [4.78, 5) is 11.3. The van der Waals surface area contributed by atoms with Gasteiger partial charge in [0.25, 0.3) is 0 Å². The number of aliphatic hydroxyl groups is 1. The first-order valence-corrected chi connectivity index (χ1v) is 24.2. The lowest BCUT2D eigenvalue weighted by Gasteiger charge is -2.52. The molecule has 0 aliphatic heterocycles. The number of unbranched alkanes of at least 4 members (excludes halogenated alkanes) is 1. The Morgan fingerprint density at radius 1 is 0.719 bits per heavy atom. The Bertz CT molecular complexity index is 2220. The van der Waals surface area contributed by atoms with E-state index in [-0.39, 0.29) is 69.6 Å². The van der Waals surface area contributed by atoms with E-state index in [1.54, 1.807) is 12.1 Å². The molecule has 6 aliphatic carbocycles. The Morgan fingerprint density at radius 3 is 1.78 bits per heavy atom. The van der Waals surface area contributed by atoms with E-state index < -0.39 is 23.2 Å². The van der Waals surface area contributed by atoms with Crippen LogP contribution in [0.15, 0.2) is 90.0 Å². The average molecular weight is 956 g/mol. The zero-order chi connectivity index (χ0) is 45.6. The maximum absolute atomic E-state index is 14.1. The zero-order valence-electron chi connectivity index (χ0n) is 36.8. The van der Waals surface area contributed by atoms with Crippen molar-refractivity contribution < 1.29 is 46.1 Å². The quantitative estimate of drug-likeness (QED) is 0.0870. The summed E-state index contributed by atoms with van der Waals surface area (Å²) in [7, 11) is 0. The minimum atomic E-state index is -4.31. The molecule has 9 rings (SSSR count). The summed E-state index contributed by atoms with van der Waals surface area (Å²) in [6.45, 7) is 4.30. The molecule has 3 aromatic carbocycles. The minimum Gasteiger partial charge on any atom is -0.508 e. The molecule has 0 bridgehead atoms. The SMILES string of the molecule is C[C@]12CC[C@@H]3c4ccc(O)cc4CC[C@H]3[C@@H]1C(CCCC(=O)Br)C=C2C(F)(F)F.C[C@]12CC[C@@H]3c4ccc(OCc5ccccc5)cc4CC[C@H]3[C@@H]1C(CCCCO)C=C2C(F)(F)F. The Balaban J connectivity index is 0.000000178. The van der Waals surface area contributed by atoms with Gasteiger partial charge in [-0.25, -0.2) is 0 Å². The van der Waals surface area contributed by atoms with Crippen molar-refractivity contribution in [3.05, 3.63) is 118 Å². The van der Waals surface area contributed by atoms with Crippen LogP contribution in [0.4, 0.5) is 26.3 Å². The molecule has 2 saturated carbocycles. The van der Waals surface area contributed by atoms with Gasteiger partial charge in [-0.15, -0.1) is 0 Å². The van der Waals surface area contributed by atoms with Crippen molar-refractivity contribution >= 4 is 20.6 Å². The lowest BCUT2D eigenvalue weighted by atomic mass is 9.52. The Hall–Kier alpha value is -3.57. The highest BCUT2D eigenvalue weighted by Crippen LogP contribution is 2.67. The number of ether oxygens (including phenoxy) is 1. The molecule has 0 saturated heterocycles. The van der Waals surface area contributed by atoms with Crippen LogP contribution in [-0.2, 0) is 24.2 Å². The number of benzene rings is 3. The predicted octanol–water partition coefficient (Wildman–Crippen LogP) is 14.3. The van der Waals surface area contributed by atoms with E-state index in [0.717, 1.165) is 68.2 Å². The Morgan fingerprint density at radius 2 is 1.25 bits per heavy atom. The Labute approximate surface area is 382 Å². The van der Waals surface area contributed by atoms with E-state index in [2.05, 4.69) is 28.1 Å². The van der Waals surface area contributed by atoms with Gasteiger partial charge in [-0.2, -0.15) is 26.3 Å². The third kappa shape index (κ3) is 9.24. The van der Waals surface area contributed by atoms with E-state index in [1.165, 1.54) is 22.8 Å². The fourth-order valence-corrected chi connectivity index (χ4v) is 14.3. The third-order valence-electron chi connectivity index (χ3n) is 16.5. The molecular weight excluding hydrogens is 894 g/mol. The maximum atomic E-state index is 14.1. The number of carbonyl (C=O) groups excluding carboxylic acids is 1. The van der Waals surface area contributed by atoms with E-state index >= 15 is 0 Å². The first-order valence-electron chi connectivity index (χ1n) is 23.4. The number of aryl methyl sites for hydroxylation is 2. The molecule has 346 valence electrons. The smallest absolute Gasteiger partial charge is 0.412 e. The average Bonchev–Trinajstić information content (AvgIpc) is 3.74. The second-order valence-corrected chi connectivity index (χ2v) is 20.9. The minimum absolute atomic E-state index is 0.0127. The van der Waals surface area contributed by atoms with Gasteiger partial charge in [0.05, 0.1) is 0 Å². The van der Waals surface area contributed by atoms with Crippen LogP contribution < -0.4 is 4.74 Å². The van der Waals surface area contributed by atoms with E-state index in [1.807, 2.05) is 62.4 Å². The molecule has 11 heteroatoms. The molecule has 2 unspecified atom stereocenters. The van der Waals surface area contributed by atoms with Crippen LogP contribution in [0.1, 0.15) is 131 Å². The second-order valence-electron chi connectivity index (χ2n) is 20.1. The van der Waals surface area contributed by atoms with Crippen LogP contribution in [0, 0.1) is 46.3 Å². The summed E-state index contributed by atoms with van der Waals surface area (Å²) >= 11 is 2.93. The van der Waals surface area contributed by atoms with Gasteiger partial charge in [-0.05, 0) is 192 Å². The molecule has 2 fully saturated rings. The highest BCUT2D eigenvalue weighted by molar-refractivity contribution is 9.18. The molecule has 0 amide bonds. The topological polar surface area (TPSA) is 66.8 Å². The zero-order valence-corrected chi connectivity index (χ0v) is 38.4. The predicted molar refractivity (Wildman–Crippen MR) is 240 cm³/mol. The molecule has 0 aromatic heterocycles. The molecule has 0 heterocycles. The Kier molecular flexibility index (Phi) is 13.6. The number of hydrogen-bond donors (Lipinski definition) is 2. The summed E-state index contributed by atoms with van der Waals surface area (Å²) in [5, 5.41) is 19.0. The highest BCUT2D eigenvalue weighted by Gasteiger charge is 2.62. The van der Waals surface area contributed by atoms with E-state index in [9.17, 15) is 41.4 Å². The number of aliphatic hydroxyl groups excluding tert-OH is 1. The molecule has 0 radical (unpaired) electrons. The number of allylic oxidation sites excluding steroid dienone is 4. The van der Waals surface area contributed by atoms with Crippen LogP contribution in [-0.4, -0.2) is 33.9 Å². The van der Waals surface area contributed by atoms with Crippen molar-refractivity contribution in [2.24, 2.45) is 46.3 Å². The summed E-state index contributed by atoms with van der Waals surface area (Å²) in [6.07, 6.45) is 4.31. The monoisotopic (exact) mass is 954 g/mol. The van der Waals surface area contributed by atoms with Gasteiger partial charge in [-0.3, -0.25) is 4.79 Å². The van der Waals surface area contributed by atoms with Gasteiger partial charge in [0, 0.05) is 35.0 Å². The first-order chi connectivity index (χ1) is 30.4. The van der Waals surface area contributed by atoms with Gasteiger partial charge in [-0.1, -0.05) is 74.9 Å². The number of aromatic hydroxyl groups is 1. The third-order valence-corrected chi connectivity index (χ3v) is 16.9. The van der Waals surface area contributed by atoms with Crippen molar-refractivity contribution in [1.29, 1.82) is 0 Å². The van der Waals surface area contributed by atoms with Gasteiger partial charge >= 0.3 is 12.4 Å². The fourth-order valence-electron chi connectivity index (χ4n) is 14.0. The number of rotatable bonds is 11. The van der Waals surface area contributed by atoms with Crippen molar-refractivity contribution in [3.8, 4) is 11.5 Å². The van der Waals surface area contributed by atoms with Crippen molar-refractivity contribution in [1.82, 2.24) is 0 Å². The van der Waals surface area contributed by atoms with Crippen LogP contribution in [0.5, 0.6) is 11.5 Å². The number of carbonyl (C=O) groups is 1. The van der Waals surface area contributed by atoms with Crippen LogP contribution in [0.2, 0.25) is 0 Å².